The number of hydrogen-bond acceptors (Lipinski definition) is 4. The van der Waals surface area contributed by atoms with Crippen molar-refractivity contribution in [3.8, 4) is 0 Å². The molecule has 2 rings (SSSR count). The predicted molar refractivity (Wildman–Crippen MR) is 79.9 cm³/mol. The van der Waals surface area contributed by atoms with Crippen molar-refractivity contribution in [2.24, 2.45) is 0 Å². The van der Waals surface area contributed by atoms with E-state index in [0.29, 0.717) is 12.2 Å². The van der Waals surface area contributed by atoms with E-state index in [0.717, 1.165) is 19.3 Å². The third-order valence-corrected chi connectivity index (χ3v) is 4.77. The molecule has 2 N–H and O–H groups in total. The van der Waals surface area contributed by atoms with Crippen LogP contribution in [0.4, 0.5) is 5.69 Å². The van der Waals surface area contributed by atoms with Crippen molar-refractivity contribution in [3.05, 3.63) is 24.3 Å². The van der Waals surface area contributed by atoms with Crippen molar-refractivity contribution < 1.29 is 18.3 Å². The fourth-order valence-electron chi connectivity index (χ4n) is 2.06. The van der Waals surface area contributed by atoms with Gasteiger partial charge in [-0.1, -0.05) is 6.92 Å². The molecule has 1 fully saturated rings. The molecule has 116 valence electrons. The van der Waals surface area contributed by atoms with Gasteiger partial charge in [0.2, 0.25) is 10.0 Å². The molecule has 1 aromatic rings. The first-order valence-corrected chi connectivity index (χ1v) is 8.50. The maximum absolute atomic E-state index is 12.0. The van der Waals surface area contributed by atoms with Gasteiger partial charge in [0.1, 0.15) is 6.54 Å². The Hall–Kier alpha value is -1.60. The number of carboxylic acid groups (broad SMARTS) is 1. The number of anilines is 1. The second-order valence-corrected chi connectivity index (χ2v) is 6.92. The fourth-order valence-corrected chi connectivity index (χ4v) is 3.36. The Balaban J connectivity index is 2.14. The molecule has 1 aliphatic carbocycles. The van der Waals surface area contributed by atoms with Crippen LogP contribution in [-0.2, 0) is 14.8 Å². The predicted octanol–water partition coefficient (Wildman–Crippen LogP) is 1.43. The molecule has 0 radical (unpaired) electrons. The minimum Gasteiger partial charge on any atom is -0.480 e. The molecule has 0 spiro atoms. The van der Waals surface area contributed by atoms with E-state index < -0.39 is 16.0 Å². The second-order valence-electron chi connectivity index (χ2n) is 5.20. The highest BCUT2D eigenvalue weighted by Crippen LogP contribution is 2.23. The molecule has 1 aromatic carbocycles. The van der Waals surface area contributed by atoms with Crippen LogP contribution in [0.1, 0.15) is 26.2 Å². The summed E-state index contributed by atoms with van der Waals surface area (Å²) in [5.74, 6) is -0.907. The number of carbonyl (C=O) groups is 1. The standard InChI is InChI=1S/C14H20N2O4S/c1-2-9-16(10-14(17)18)12-5-7-13(8-6-12)21(19,20)15-11-3-4-11/h5-8,11,15H,2-4,9-10H2,1H3,(H,17,18). The van der Waals surface area contributed by atoms with E-state index in [2.05, 4.69) is 4.72 Å². The van der Waals surface area contributed by atoms with Gasteiger partial charge in [0.05, 0.1) is 4.90 Å². The summed E-state index contributed by atoms with van der Waals surface area (Å²) in [7, 11) is -3.46. The summed E-state index contributed by atoms with van der Waals surface area (Å²) in [6.07, 6.45) is 2.59. The molecular formula is C14H20N2O4S. The zero-order valence-electron chi connectivity index (χ0n) is 11.9. The SMILES string of the molecule is CCCN(CC(=O)O)c1ccc(S(=O)(=O)NC2CC2)cc1. The van der Waals surface area contributed by atoms with Gasteiger partial charge in [0.25, 0.3) is 0 Å². The van der Waals surface area contributed by atoms with Crippen LogP contribution < -0.4 is 9.62 Å². The highest BCUT2D eigenvalue weighted by molar-refractivity contribution is 7.89. The molecule has 0 amide bonds. The van der Waals surface area contributed by atoms with Crippen LogP contribution in [0, 0.1) is 0 Å². The van der Waals surface area contributed by atoms with E-state index in [9.17, 15) is 13.2 Å². The van der Waals surface area contributed by atoms with E-state index in [1.165, 1.54) is 12.1 Å². The molecule has 21 heavy (non-hydrogen) atoms. The summed E-state index contributed by atoms with van der Waals surface area (Å²) in [6, 6.07) is 6.41. The number of benzene rings is 1. The average molecular weight is 312 g/mol. The van der Waals surface area contributed by atoms with Gasteiger partial charge in [0, 0.05) is 18.3 Å². The zero-order chi connectivity index (χ0) is 15.5. The van der Waals surface area contributed by atoms with E-state index in [1.54, 1.807) is 17.0 Å². The first kappa shape index (κ1) is 15.8. The van der Waals surface area contributed by atoms with Crippen molar-refractivity contribution >= 4 is 21.7 Å². The monoisotopic (exact) mass is 312 g/mol. The van der Waals surface area contributed by atoms with Gasteiger partial charge >= 0.3 is 5.97 Å². The molecule has 0 bridgehead atoms. The van der Waals surface area contributed by atoms with Gasteiger partial charge in [-0.25, -0.2) is 13.1 Å². The number of carboxylic acids is 1. The Morgan fingerprint density at radius 1 is 1.33 bits per heavy atom. The Kier molecular flexibility index (Phi) is 4.84. The topological polar surface area (TPSA) is 86.7 Å². The third-order valence-electron chi connectivity index (χ3n) is 3.23. The van der Waals surface area contributed by atoms with E-state index in [4.69, 9.17) is 5.11 Å². The molecule has 0 unspecified atom stereocenters. The zero-order valence-corrected chi connectivity index (χ0v) is 12.8. The van der Waals surface area contributed by atoms with E-state index >= 15 is 0 Å². The molecule has 6 nitrogen and oxygen atoms in total. The summed E-state index contributed by atoms with van der Waals surface area (Å²) in [5.41, 5.74) is 0.713. The Morgan fingerprint density at radius 3 is 2.43 bits per heavy atom. The molecule has 0 saturated heterocycles. The number of nitrogens with zero attached hydrogens (tertiary/aromatic N) is 1. The minimum atomic E-state index is -3.46. The molecule has 0 aliphatic heterocycles. The lowest BCUT2D eigenvalue weighted by atomic mass is 10.2. The molecule has 1 saturated carbocycles. The van der Waals surface area contributed by atoms with Crippen molar-refractivity contribution in [1.82, 2.24) is 4.72 Å². The van der Waals surface area contributed by atoms with Gasteiger partial charge in [-0.2, -0.15) is 0 Å². The van der Waals surface area contributed by atoms with Crippen molar-refractivity contribution in [1.29, 1.82) is 0 Å². The number of hydrogen-bond donors (Lipinski definition) is 2. The summed E-state index contributed by atoms with van der Waals surface area (Å²) < 4.78 is 26.7. The van der Waals surface area contributed by atoms with Crippen LogP contribution in [0.15, 0.2) is 29.2 Å². The lowest BCUT2D eigenvalue weighted by Crippen LogP contribution is -2.30. The summed E-state index contributed by atoms with van der Waals surface area (Å²) in [4.78, 5) is 12.8. The number of nitrogens with one attached hydrogen (secondary N) is 1. The third kappa shape index (κ3) is 4.44. The number of rotatable bonds is 8. The van der Waals surface area contributed by atoms with Gasteiger partial charge in [0.15, 0.2) is 0 Å². The summed E-state index contributed by atoms with van der Waals surface area (Å²) in [6.45, 7) is 2.48. The van der Waals surface area contributed by atoms with Crippen LogP contribution in [0.3, 0.4) is 0 Å². The van der Waals surface area contributed by atoms with Gasteiger partial charge in [-0.05, 0) is 43.5 Å². The molecule has 0 atom stereocenters. The molecule has 7 heteroatoms. The van der Waals surface area contributed by atoms with Crippen LogP contribution in [0.25, 0.3) is 0 Å². The first-order chi connectivity index (χ1) is 9.92. The van der Waals surface area contributed by atoms with E-state index in [-0.39, 0.29) is 17.5 Å². The quantitative estimate of drug-likeness (QED) is 0.758. The largest absolute Gasteiger partial charge is 0.480 e. The summed E-state index contributed by atoms with van der Waals surface area (Å²) in [5, 5.41) is 8.91. The number of aliphatic carboxylic acids is 1. The Morgan fingerprint density at radius 2 is 1.95 bits per heavy atom. The normalized spacial score (nSPS) is 14.9. The smallest absolute Gasteiger partial charge is 0.323 e. The number of sulfonamides is 1. The maximum Gasteiger partial charge on any atom is 0.323 e. The Labute approximate surface area is 124 Å². The van der Waals surface area contributed by atoms with Crippen LogP contribution in [-0.4, -0.2) is 38.6 Å². The van der Waals surface area contributed by atoms with Crippen LogP contribution >= 0.6 is 0 Å². The highest BCUT2D eigenvalue weighted by Gasteiger charge is 2.27. The first-order valence-electron chi connectivity index (χ1n) is 7.01. The van der Waals surface area contributed by atoms with Crippen molar-refractivity contribution in [2.45, 2.75) is 37.1 Å². The fraction of sp³-hybridized carbons (Fsp3) is 0.500. The lowest BCUT2D eigenvalue weighted by molar-refractivity contribution is -0.135. The van der Waals surface area contributed by atoms with Gasteiger partial charge in [-0.3, -0.25) is 4.79 Å². The van der Waals surface area contributed by atoms with Crippen molar-refractivity contribution in [3.63, 3.8) is 0 Å². The van der Waals surface area contributed by atoms with E-state index in [1.807, 2.05) is 6.92 Å². The molecule has 0 aromatic heterocycles. The second kappa shape index (κ2) is 6.44. The van der Waals surface area contributed by atoms with Gasteiger partial charge in [-0.15, -0.1) is 0 Å². The van der Waals surface area contributed by atoms with Crippen molar-refractivity contribution in [2.75, 3.05) is 18.0 Å². The lowest BCUT2D eigenvalue weighted by Gasteiger charge is -2.22. The maximum atomic E-state index is 12.0. The molecular weight excluding hydrogens is 292 g/mol. The highest BCUT2D eigenvalue weighted by atomic mass is 32.2. The van der Waals surface area contributed by atoms with Gasteiger partial charge < -0.3 is 10.0 Å². The molecule has 0 heterocycles. The average Bonchev–Trinajstić information content (AvgIpc) is 3.21. The Bertz CT molecular complexity index is 594. The summed E-state index contributed by atoms with van der Waals surface area (Å²) >= 11 is 0. The van der Waals surface area contributed by atoms with Crippen LogP contribution in [0.2, 0.25) is 0 Å². The minimum absolute atomic E-state index is 0.0678. The molecule has 1 aliphatic rings. The van der Waals surface area contributed by atoms with Crippen LogP contribution in [0.5, 0.6) is 0 Å².